The number of nitrogens with zero attached hydrogens (tertiary/aromatic N) is 1. The van der Waals surface area contributed by atoms with Crippen molar-refractivity contribution in [2.45, 2.75) is 63.8 Å². The van der Waals surface area contributed by atoms with Gasteiger partial charge in [0.15, 0.2) is 0 Å². The maximum Gasteiger partial charge on any atom is 0.257 e. The molecule has 5 fully saturated rings. The first-order chi connectivity index (χ1) is 14.9. The van der Waals surface area contributed by atoms with Crippen LogP contribution < -0.4 is 10.1 Å². The fourth-order valence-corrected chi connectivity index (χ4v) is 7.54. The van der Waals surface area contributed by atoms with Crippen LogP contribution in [0.3, 0.4) is 0 Å². The Bertz CT molecular complexity index is 827. The molecule has 168 valence electrons. The Morgan fingerprint density at radius 3 is 2.29 bits per heavy atom. The molecular weight excluding hydrogens is 412 g/mol. The highest BCUT2D eigenvalue weighted by molar-refractivity contribution is 6.31. The largest absolute Gasteiger partial charge is 0.496 e. The molecule has 4 aliphatic carbocycles. The van der Waals surface area contributed by atoms with Gasteiger partial charge in [-0.2, -0.15) is 0 Å². The standard InChI is InChI=1S/C25H33ClN2O3/c1-31-22-3-2-19(26)11-21(22)24(30)28-6-4-20(5-7-28)27-23(29)15-25-12-16-8-17(13-25)10-18(9-16)14-25/h2-3,11,16-18,20H,4-10,12-15H2,1H3,(H,27,29). The van der Waals surface area contributed by atoms with Crippen LogP contribution in [0, 0.1) is 23.2 Å². The highest BCUT2D eigenvalue weighted by Crippen LogP contribution is 2.61. The van der Waals surface area contributed by atoms with Crippen LogP contribution in [0.1, 0.15) is 68.1 Å². The van der Waals surface area contributed by atoms with Crippen LogP contribution in [0.4, 0.5) is 0 Å². The number of piperidine rings is 1. The quantitative estimate of drug-likeness (QED) is 0.717. The van der Waals surface area contributed by atoms with E-state index < -0.39 is 0 Å². The van der Waals surface area contributed by atoms with Gasteiger partial charge in [-0.25, -0.2) is 0 Å². The average molecular weight is 445 g/mol. The fourth-order valence-electron chi connectivity index (χ4n) is 7.37. The summed E-state index contributed by atoms with van der Waals surface area (Å²) in [5.41, 5.74) is 0.776. The summed E-state index contributed by atoms with van der Waals surface area (Å²) >= 11 is 6.09. The van der Waals surface area contributed by atoms with Gasteiger partial charge in [-0.1, -0.05) is 11.6 Å². The maximum absolute atomic E-state index is 13.0. The molecule has 0 atom stereocenters. The molecule has 6 heteroatoms. The van der Waals surface area contributed by atoms with E-state index in [1.54, 1.807) is 25.3 Å². The van der Waals surface area contributed by atoms with E-state index in [0.29, 0.717) is 35.8 Å². The molecule has 0 radical (unpaired) electrons. The normalized spacial score (nSPS) is 32.2. The van der Waals surface area contributed by atoms with Gasteiger partial charge in [-0.05, 0) is 92.7 Å². The number of carbonyl (C=O) groups excluding carboxylic acids is 2. The van der Waals surface area contributed by atoms with Gasteiger partial charge < -0.3 is 15.0 Å². The lowest BCUT2D eigenvalue weighted by atomic mass is 9.49. The van der Waals surface area contributed by atoms with Crippen LogP contribution in [0.2, 0.25) is 5.02 Å². The first-order valence-electron chi connectivity index (χ1n) is 11.9. The van der Waals surface area contributed by atoms with Crippen molar-refractivity contribution < 1.29 is 14.3 Å². The Labute approximate surface area is 189 Å². The number of hydrogen-bond donors (Lipinski definition) is 1. The molecule has 5 aliphatic rings. The molecule has 4 bridgehead atoms. The van der Waals surface area contributed by atoms with E-state index in [0.717, 1.165) is 30.6 Å². The number of hydrogen-bond acceptors (Lipinski definition) is 3. The number of nitrogens with one attached hydrogen (secondary N) is 1. The first kappa shape index (κ1) is 21.1. The number of benzene rings is 1. The Hall–Kier alpha value is -1.75. The number of carbonyl (C=O) groups is 2. The number of amides is 2. The van der Waals surface area contributed by atoms with E-state index >= 15 is 0 Å². The van der Waals surface area contributed by atoms with E-state index in [4.69, 9.17) is 16.3 Å². The second-order valence-corrected chi connectivity index (χ2v) is 11.0. The van der Waals surface area contributed by atoms with Crippen LogP contribution in [0.25, 0.3) is 0 Å². The highest BCUT2D eigenvalue weighted by Gasteiger charge is 2.51. The van der Waals surface area contributed by atoms with E-state index in [-0.39, 0.29) is 23.3 Å². The number of ether oxygens (including phenoxy) is 1. The van der Waals surface area contributed by atoms with E-state index in [1.165, 1.54) is 38.5 Å². The van der Waals surface area contributed by atoms with Crippen molar-refractivity contribution >= 4 is 23.4 Å². The van der Waals surface area contributed by atoms with Gasteiger partial charge >= 0.3 is 0 Å². The molecule has 1 aromatic rings. The minimum absolute atomic E-state index is 0.0577. The summed E-state index contributed by atoms with van der Waals surface area (Å²) in [6.45, 7) is 1.27. The van der Waals surface area contributed by atoms with Crippen molar-refractivity contribution in [3.8, 4) is 5.75 Å². The second-order valence-electron chi connectivity index (χ2n) is 10.6. The van der Waals surface area contributed by atoms with Gasteiger partial charge in [-0.3, -0.25) is 9.59 Å². The minimum Gasteiger partial charge on any atom is -0.496 e. The third-order valence-corrected chi connectivity index (χ3v) is 8.47. The monoisotopic (exact) mass is 444 g/mol. The van der Waals surface area contributed by atoms with E-state index in [1.807, 2.05) is 4.90 Å². The van der Waals surface area contributed by atoms with Crippen molar-refractivity contribution in [3.05, 3.63) is 28.8 Å². The van der Waals surface area contributed by atoms with Crippen LogP contribution in [-0.4, -0.2) is 43.0 Å². The summed E-state index contributed by atoms with van der Waals surface area (Å²) < 4.78 is 5.34. The molecule has 31 heavy (non-hydrogen) atoms. The summed E-state index contributed by atoms with van der Waals surface area (Å²) in [6.07, 6.45) is 10.3. The van der Waals surface area contributed by atoms with Gasteiger partial charge in [0.05, 0.1) is 12.7 Å². The zero-order valence-corrected chi connectivity index (χ0v) is 19.1. The summed E-state index contributed by atoms with van der Waals surface area (Å²) in [6, 6.07) is 5.28. The molecular formula is C25H33ClN2O3. The topological polar surface area (TPSA) is 58.6 Å². The third-order valence-electron chi connectivity index (χ3n) is 8.24. The zero-order valence-electron chi connectivity index (χ0n) is 18.4. The molecule has 1 saturated heterocycles. The van der Waals surface area contributed by atoms with Crippen LogP contribution >= 0.6 is 11.6 Å². The molecule has 1 N–H and O–H groups in total. The summed E-state index contributed by atoms with van der Waals surface area (Å²) in [4.78, 5) is 27.8. The second kappa shape index (κ2) is 8.31. The number of methoxy groups -OCH3 is 1. The smallest absolute Gasteiger partial charge is 0.257 e. The SMILES string of the molecule is COc1ccc(Cl)cc1C(=O)N1CCC(NC(=O)CC23CC4CC(CC(C4)C2)C3)CC1. The Morgan fingerprint density at radius 2 is 1.71 bits per heavy atom. The molecule has 5 nitrogen and oxygen atoms in total. The third kappa shape index (κ3) is 4.30. The lowest BCUT2D eigenvalue weighted by molar-refractivity contribution is -0.130. The van der Waals surface area contributed by atoms with Gasteiger partial charge in [0, 0.05) is 30.6 Å². The van der Waals surface area contributed by atoms with Crippen molar-refractivity contribution in [2.24, 2.45) is 23.2 Å². The molecule has 1 aromatic carbocycles. The van der Waals surface area contributed by atoms with Crippen LogP contribution in [-0.2, 0) is 4.79 Å². The number of halogens is 1. The van der Waals surface area contributed by atoms with Crippen LogP contribution in [0.15, 0.2) is 18.2 Å². The first-order valence-corrected chi connectivity index (χ1v) is 12.2. The van der Waals surface area contributed by atoms with E-state index in [9.17, 15) is 9.59 Å². The maximum atomic E-state index is 13.0. The molecule has 6 rings (SSSR count). The molecule has 1 aliphatic heterocycles. The Kier molecular flexibility index (Phi) is 5.66. The van der Waals surface area contributed by atoms with Crippen molar-refractivity contribution in [1.29, 1.82) is 0 Å². The number of rotatable bonds is 5. The minimum atomic E-state index is -0.0577. The van der Waals surface area contributed by atoms with Crippen molar-refractivity contribution in [3.63, 3.8) is 0 Å². The van der Waals surface area contributed by atoms with Gasteiger partial charge in [0.25, 0.3) is 5.91 Å². The highest BCUT2D eigenvalue weighted by atomic mass is 35.5. The van der Waals surface area contributed by atoms with Gasteiger partial charge in [0.1, 0.15) is 5.75 Å². The summed E-state index contributed by atoms with van der Waals surface area (Å²) in [7, 11) is 1.56. The Morgan fingerprint density at radius 1 is 1.10 bits per heavy atom. The van der Waals surface area contributed by atoms with Crippen LogP contribution in [0.5, 0.6) is 5.75 Å². The summed E-state index contributed by atoms with van der Waals surface area (Å²) in [5.74, 6) is 3.33. The molecule has 0 spiro atoms. The zero-order chi connectivity index (χ0) is 21.6. The van der Waals surface area contributed by atoms with Gasteiger partial charge in [-0.15, -0.1) is 0 Å². The molecule has 0 aromatic heterocycles. The van der Waals surface area contributed by atoms with E-state index in [2.05, 4.69) is 5.32 Å². The predicted octanol–water partition coefficient (Wildman–Crippen LogP) is 4.68. The summed E-state index contributed by atoms with van der Waals surface area (Å²) in [5, 5.41) is 3.83. The molecule has 0 unspecified atom stereocenters. The van der Waals surface area contributed by atoms with Gasteiger partial charge in [0.2, 0.25) is 5.91 Å². The van der Waals surface area contributed by atoms with Crippen molar-refractivity contribution in [1.82, 2.24) is 10.2 Å². The molecule has 2 amide bonds. The predicted molar refractivity (Wildman–Crippen MR) is 120 cm³/mol. The molecule has 4 saturated carbocycles. The lowest BCUT2D eigenvalue weighted by Crippen LogP contribution is -2.50. The lowest BCUT2D eigenvalue weighted by Gasteiger charge is -2.56. The molecule has 1 heterocycles. The van der Waals surface area contributed by atoms with Crippen molar-refractivity contribution in [2.75, 3.05) is 20.2 Å². The number of likely N-dealkylation sites (tertiary alicyclic amines) is 1. The Balaban J connectivity index is 1.14. The fraction of sp³-hybridized carbons (Fsp3) is 0.680. The average Bonchev–Trinajstić information content (AvgIpc) is 2.72.